The summed E-state index contributed by atoms with van der Waals surface area (Å²) in [7, 11) is 0. The highest BCUT2D eigenvalue weighted by molar-refractivity contribution is 6.21. The summed E-state index contributed by atoms with van der Waals surface area (Å²) < 4.78 is 5.43. The van der Waals surface area contributed by atoms with E-state index in [4.69, 9.17) is 4.74 Å². The molecule has 3 amide bonds. The van der Waals surface area contributed by atoms with Gasteiger partial charge in [0.1, 0.15) is 5.60 Å². The third-order valence-corrected chi connectivity index (χ3v) is 4.28. The van der Waals surface area contributed by atoms with Gasteiger partial charge in [0.15, 0.2) is 0 Å². The molecule has 2 aliphatic rings. The molecule has 6 heteroatoms. The minimum atomic E-state index is -0.570. The highest BCUT2D eigenvalue weighted by Gasteiger charge is 2.40. The summed E-state index contributed by atoms with van der Waals surface area (Å²) in [6.45, 7) is 6.26. The molecular weight excluding hydrogens is 308 g/mol. The molecule has 6 nitrogen and oxygen atoms in total. The van der Waals surface area contributed by atoms with E-state index < -0.39 is 5.60 Å². The van der Waals surface area contributed by atoms with Crippen molar-refractivity contribution in [1.82, 2.24) is 9.80 Å². The largest absolute Gasteiger partial charge is 0.444 e. The van der Waals surface area contributed by atoms with Crippen LogP contribution in [0.2, 0.25) is 0 Å². The molecule has 0 radical (unpaired) electrons. The number of hydrogen-bond acceptors (Lipinski definition) is 4. The maximum Gasteiger partial charge on any atom is 0.410 e. The van der Waals surface area contributed by atoms with Gasteiger partial charge in [0.05, 0.1) is 17.2 Å². The average Bonchev–Trinajstić information content (AvgIpc) is 3.06. The zero-order chi connectivity index (χ0) is 17.5. The summed E-state index contributed by atoms with van der Waals surface area (Å²) in [5.41, 5.74) is 0.299. The van der Waals surface area contributed by atoms with Gasteiger partial charge in [-0.25, -0.2) is 4.79 Å². The van der Waals surface area contributed by atoms with Crippen LogP contribution < -0.4 is 0 Å². The van der Waals surface area contributed by atoms with E-state index in [2.05, 4.69) is 0 Å². The number of benzene rings is 1. The second kappa shape index (κ2) is 5.92. The Bertz CT molecular complexity index is 658. The first-order valence-electron chi connectivity index (χ1n) is 8.23. The molecule has 24 heavy (non-hydrogen) atoms. The molecule has 1 unspecified atom stereocenters. The van der Waals surface area contributed by atoms with Gasteiger partial charge in [0.25, 0.3) is 11.8 Å². The number of hydrogen-bond donors (Lipinski definition) is 0. The number of ether oxygens (including phenoxy) is 1. The number of rotatable bonds is 2. The third kappa shape index (κ3) is 3.00. The maximum atomic E-state index is 12.5. The first kappa shape index (κ1) is 16.5. The fourth-order valence-corrected chi connectivity index (χ4v) is 3.20. The second-order valence-corrected chi connectivity index (χ2v) is 7.24. The minimum absolute atomic E-state index is 0.193. The SMILES string of the molecule is CC(C)(C)OC(=O)N1CCCC1CN1C(=O)c2ccccc2C1=O. The molecule has 0 aliphatic carbocycles. The van der Waals surface area contributed by atoms with Crippen LogP contribution in [0.4, 0.5) is 4.79 Å². The van der Waals surface area contributed by atoms with Crippen LogP contribution in [0.25, 0.3) is 0 Å². The molecule has 0 spiro atoms. The van der Waals surface area contributed by atoms with Crippen molar-refractivity contribution >= 4 is 17.9 Å². The van der Waals surface area contributed by atoms with Crippen LogP contribution in [-0.2, 0) is 4.74 Å². The van der Waals surface area contributed by atoms with Gasteiger partial charge >= 0.3 is 6.09 Å². The van der Waals surface area contributed by atoms with Gasteiger partial charge in [-0.1, -0.05) is 12.1 Å². The van der Waals surface area contributed by atoms with Crippen LogP contribution in [0.15, 0.2) is 24.3 Å². The minimum Gasteiger partial charge on any atom is -0.444 e. The Hall–Kier alpha value is -2.37. The fraction of sp³-hybridized carbons (Fsp3) is 0.500. The number of fused-ring (bicyclic) bond motifs is 1. The molecule has 128 valence electrons. The summed E-state index contributed by atoms with van der Waals surface area (Å²) in [6, 6.07) is 6.62. The van der Waals surface area contributed by atoms with Crippen molar-refractivity contribution in [1.29, 1.82) is 0 Å². The maximum absolute atomic E-state index is 12.5. The topological polar surface area (TPSA) is 66.9 Å². The van der Waals surface area contributed by atoms with Crippen molar-refractivity contribution < 1.29 is 19.1 Å². The van der Waals surface area contributed by atoms with E-state index >= 15 is 0 Å². The highest BCUT2D eigenvalue weighted by Crippen LogP contribution is 2.27. The van der Waals surface area contributed by atoms with E-state index in [1.54, 1.807) is 29.2 Å². The zero-order valence-electron chi connectivity index (χ0n) is 14.2. The fourth-order valence-electron chi connectivity index (χ4n) is 3.20. The molecule has 0 bridgehead atoms. The van der Waals surface area contributed by atoms with E-state index in [1.807, 2.05) is 20.8 Å². The van der Waals surface area contributed by atoms with E-state index in [0.29, 0.717) is 17.7 Å². The standard InChI is InChI=1S/C18H22N2O4/c1-18(2,3)24-17(23)19-10-6-7-12(19)11-20-15(21)13-8-4-5-9-14(13)16(20)22/h4-5,8-9,12H,6-7,10-11H2,1-3H3. The van der Waals surface area contributed by atoms with Crippen LogP contribution >= 0.6 is 0 Å². The van der Waals surface area contributed by atoms with Gasteiger partial charge in [0.2, 0.25) is 0 Å². The van der Waals surface area contributed by atoms with Crippen molar-refractivity contribution in [3.8, 4) is 0 Å². The van der Waals surface area contributed by atoms with Crippen molar-refractivity contribution in [3.05, 3.63) is 35.4 Å². The Morgan fingerprint density at radius 1 is 1.17 bits per heavy atom. The normalized spacial score (nSPS) is 20.5. The zero-order valence-corrected chi connectivity index (χ0v) is 14.2. The van der Waals surface area contributed by atoms with Crippen LogP contribution in [0, 0.1) is 0 Å². The Labute approximate surface area is 141 Å². The van der Waals surface area contributed by atoms with E-state index in [1.165, 1.54) is 4.90 Å². The predicted molar refractivity (Wildman–Crippen MR) is 87.8 cm³/mol. The van der Waals surface area contributed by atoms with Crippen molar-refractivity contribution in [2.24, 2.45) is 0 Å². The van der Waals surface area contributed by atoms with Gasteiger partial charge in [-0.3, -0.25) is 14.5 Å². The summed E-state index contributed by atoms with van der Waals surface area (Å²) in [5.74, 6) is -0.571. The van der Waals surface area contributed by atoms with Crippen molar-refractivity contribution in [2.45, 2.75) is 45.3 Å². The van der Waals surface area contributed by atoms with E-state index in [0.717, 1.165) is 12.8 Å². The quantitative estimate of drug-likeness (QED) is 0.782. The molecular formula is C18H22N2O4. The average molecular weight is 330 g/mol. The van der Waals surface area contributed by atoms with Gasteiger partial charge in [-0.15, -0.1) is 0 Å². The molecule has 1 saturated heterocycles. The van der Waals surface area contributed by atoms with Crippen LogP contribution in [0.3, 0.4) is 0 Å². The van der Waals surface area contributed by atoms with E-state index in [-0.39, 0.29) is 30.5 Å². The molecule has 1 atom stereocenters. The Kier molecular flexibility index (Phi) is 4.07. The van der Waals surface area contributed by atoms with Crippen LogP contribution in [0.1, 0.15) is 54.3 Å². The molecule has 0 saturated carbocycles. The molecule has 3 rings (SSSR count). The first-order valence-corrected chi connectivity index (χ1v) is 8.23. The number of likely N-dealkylation sites (tertiary alicyclic amines) is 1. The van der Waals surface area contributed by atoms with Gasteiger partial charge in [0, 0.05) is 13.1 Å². The lowest BCUT2D eigenvalue weighted by molar-refractivity contribution is 0.0191. The van der Waals surface area contributed by atoms with Crippen LogP contribution in [-0.4, -0.2) is 52.4 Å². The monoisotopic (exact) mass is 330 g/mol. The van der Waals surface area contributed by atoms with Crippen LogP contribution in [0.5, 0.6) is 0 Å². The molecule has 1 aromatic carbocycles. The molecule has 0 aromatic heterocycles. The van der Waals surface area contributed by atoms with Gasteiger partial charge in [-0.05, 0) is 45.7 Å². The molecule has 2 aliphatic heterocycles. The van der Waals surface area contributed by atoms with Crippen molar-refractivity contribution in [2.75, 3.05) is 13.1 Å². The number of amides is 3. The molecule has 1 fully saturated rings. The Morgan fingerprint density at radius 3 is 2.29 bits per heavy atom. The smallest absolute Gasteiger partial charge is 0.410 e. The Balaban J connectivity index is 1.73. The first-order chi connectivity index (χ1) is 11.3. The van der Waals surface area contributed by atoms with Crippen molar-refractivity contribution in [3.63, 3.8) is 0 Å². The molecule has 1 aromatic rings. The Morgan fingerprint density at radius 2 is 1.75 bits per heavy atom. The number of imide groups is 1. The predicted octanol–water partition coefficient (Wildman–Crippen LogP) is 2.68. The lowest BCUT2D eigenvalue weighted by Gasteiger charge is -2.30. The van der Waals surface area contributed by atoms with E-state index in [9.17, 15) is 14.4 Å². The summed E-state index contributed by atoms with van der Waals surface area (Å²) in [6.07, 6.45) is 1.21. The van der Waals surface area contributed by atoms with Gasteiger partial charge < -0.3 is 9.64 Å². The summed E-state index contributed by atoms with van der Waals surface area (Å²) in [4.78, 5) is 40.2. The lowest BCUT2D eigenvalue weighted by Crippen LogP contribution is -2.46. The third-order valence-electron chi connectivity index (χ3n) is 4.28. The number of carbonyl (C=O) groups excluding carboxylic acids is 3. The summed E-state index contributed by atoms with van der Waals surface area (Å²) in [5, 5.41) is 0. The molecule has 2 heterocycles. The number of carbonyl (C=O) groups is 3. The summed E-state index contributed by atoms with van der Waals surface area (Å²) >= 11 is 0. The molecule has 0 N–H and O–H groups in total. The number of nitrogens with zero attached hydrogens (tertiary/aromatic N) is 2. The van der Waals surface area contributed by atoms with Gasteiger partial charge in [-0.2, -0.15) is 0 Å². The lowest BCUT2D eigenvalue weighted by atomic mass is 10.1. The second-order valence-electron chi connectivity index (χ2n) is 7.24. The highest BCUT2D eigenvalue weighted by atomic mass is 16.6.